The van der Waals surface area contributed by atoms with Crippen LogP contribution in [0.25, 0.3) is 22.3 Å². The molecule has 8 nitrogen and oxygen atoms in total. The number of benzene rings is 1. The lowest BCUT2D eigenvalue weighted by atomic mass is 9.84. The summed E-state index contributed by atoms with van der Waals surface area (Å²) in [7, 11) is 3.12. The lowest BCUT2D eigenvalue weighted by Gasteiger charge is -2.26. The van der Waals surface area contributed by atoms with E-state index in [4.69, 9.17) is 20.2 Å². The van der Waals surface area contributed by atoms with E-state index in [1.807, 2.05) is 6.20 Å². The number of nitrogens with two attached hydrogens (primary N) is 1. The number of rotatable bonds is 5. The summed E-state index contributed by atoms with van der Waals surface area (Å²) in [6.07, 6.45) is 7.02. The second-order valence-electron chi connectivity index (χ2n) is 10.5. The predicted octanol–water partition coefficient (Wildman–Crippen LogP) is 4.62. The van der Waals surface area contributed by atoms with Gasteiger partial charge in [-0.25, -0.2) is 19.2 Å². The molecule has 36 heavy (non-hydrogen) atoms. The van der Waals surface area contributed by atoms with E-state index in [0.717, 1.165) is 51.9 Å². The number of aromatic nitrogens is 3. The van der Waals surface area contributed by atoms with Crippen LogP contribution in [0.5, 0.6) is 6.01 Å². The van der Waals surface area contributed by atoms with Crippen molar-refractivity contribution in [3.8, 4) is 28.3 Å². The van der Waals surface area contributed by atoms with Gasteiger partial charge in [-0.3, -0.25) is 9.88 Å². The third-order valence-electron chi connectivity index (χ3n) is 6.89. The summed E-state index contributed by atoms with van der Waals surface area (Å²) < 4.78 is 25.7. The molecule has 5 rings (SSSR count). The van der Waals surface area contributed by atoms with Gasteiger partial charge in [0.2, 0.25) is 0 Å². The summed E-state index contributed by atoms with van der Waals surface area (Å²) in [5.41, 5.74) is 11.9. The van der Waals surface area contributed by atoms with Crippen molar-refractivity contribution >= 4 is 11.8 Å². The van der Waals surface area contributed by atoms with Crippen LogP contribution in [0.2, 0.25) is 0 Å². The van der Waals surface area contributed by atoms with E-state index >= 15 is 4.39 Å². The molecular formula is C27H30FN5O3. The first-order valence-corrected chi connectivity index (χ1v) is 12.0. The Bertz CT molecular complexity index is 1350. The maximum Gasteiger partial charge on any atom is 0.414 e. The highest BCUT2D eigenvalue weighted by molar-refractivity contribution is 5.94. The lowest BCUT2D eigenvalue weighted by Crippen LogP contribution is -2.34. The Morgan fingerprint density at radius 1 is 1.14 bits per heavy atom. The van der Waals surface area contributed by atoms with Gasteiger partial charge in [-0.15, -0.1) is 0 Å². The molecule has 2 heterocycles. The van der Waals surface area contributed by atoms with Crippen molar-refractivity contribution in [2.45, 2.75) is 51.0 Å². The van der Waals surface area contributed by atoms with Gasteiger partial charge in [0.1, 0.15) is 11.4 Å². The monoisotopic (exact) mass is 491 g/mol. The molecule has 1 amide bonds. The number of pyridine rings is 1. The van der Waals surface area contributed by atoms with Crippen LogP contribution < -0.4 is 15.4 Å². The molecule has 0 atom stereocenters. The van der Waals surface area contributed by atoms with Crippen molar-refractivity contribution in [1.82, 2.24) is 15.0 Å². The highest BCUT2D eigenvalue weighted by atomic mass is 19.1. The van der Waals surface area contributed by atoms with Gasteiger partial charge in [-0.05, 0) is 62.4 Å². The van der Waals surface area contributed by atoms with Gasteiger partial charge >= 0.3 is 12.1 Å². The van der Waals surface area contributed by atoms with Gasteiger partial charge in [0.05, 0.1) is 18.5 Å². The summed E-state index contributed by atoms with van der Waals surface area (Å²) >= 11 is 0. The molecule has 1 fully saturated rings. The van der Waals surface area contributed by atoms with E-state index in [9.17, 15) is 4.79 Å². The molecule has 188 valence electrons. The number of nitrogens with zero attached hydrogens (tertiary/aromatic N) is 4. The summed E-state index contributed by atoms with van der Waals surface area (Å²) in [6, 6.07) is 3.18. The topological polar surface area (TPSA) is 103 Å². The van der Waals surface area contributed by atoms with Crippen LogP contribution in [-0.2, 0) is 16.6 Å². The van der Waals surface area contributed by atoms with Gasteiger partial charge in [0.25, 0.3) is 0 Å². The molecule has 2 aliphatic carbocycles. The second kappa shape index (κ2) is 8.51. The molecule has 0 spiro atoms. The number of hydrogen-bond acceptors (Lipinski definition) is 7. The minimum absolute atomic E-state index is 0.229. The average molecular weight is 492 g/mol. The fraction of sp³-hybridized carbons (Fsp3) is 0.407. The van der Waals surface area contributed by atoms with Crippen LogP contribution in [-0.4, -0.2) is 47.3 Å². The zero-order valence-electron chi connectivity index (χ0n) is 21.2. The summed E-state index contributed by atoms with van der Waals surface area (Å²) in [5, 5.41) is 0. The number of ether oxygens (including phenoxy) is 2. The van der Waals surface area contributed by atoms with E-state index in [1.165, 1.54) is 24.1 Å². The number of amides is 1. The zero-order chi connectivity index (χ0) is 25.8. The van der Waals surface area contributed by atoms with Crippen LogP contribution in [0.4, 0.5) is 14.9 Å². The normalized spacial score (nSPS) is 15.2. The number of anilines is 1. The minimum Gasteiger partial charge on any atom is -0.467 e. The van der Waals surface area contributed by atoms with Crippen molar-refractivity contribution in [3.63, 3.8) is 0 Å². The Morgan fingerprint density at radius 2 is 1.83 bits per heavy atom. The first-order valence-electron chi connectivity index (χ1n) is 12.0. The predicted molar refractivity (Wildman–Crippen MR) is 135 cm³/mol. The Balaban J connectivity index is 1.68. The van der Waals surface area contributed by atoms with Crippen molar-refractivity contribution in [2.75, 3.05) is 25.6 Å². The SMILES string of the molecule is COc1ncc(-c2cnc3c(c2C2(CN)CC2)-c2cc(F)cc(N(C)C(=O)OC(C)(C)C)c2C3)cn1. The van der Waals surface area contributed by atoms with Crippen LogP contribution in [0.15, 0.2) is 30.7 Å². The molecular weight excluding hydrogens is 461 g/mol. The minimum atomic E-state index is -0.672. The highest BCUT2D eigenvalue weighted by Gasteiger charge is 2.48. The Hall–Kier alpha value is -3.59. The second-order valence-corrected chi connectivity index (χ2v) is 10.5. The average Bonchev–Trinajstić information content (AvgIpc) is 3.55. The highest BCUT2D eigenvalue weighted by Crippen LogP contribution is 2.56. The Labute approximate surface area is 209 Å². The molecule has 3 aromatic rings. The standard InChI is InChI=1S/C27H30FN5O3/c1-26(2,3)36-25(34)33(4)21-9-16(28)8-18-17(21)10-20-22(18)23(27(14-29)6-7-27)19(13-30-20)15-11-31-24(35-5)32-12-15/h8-9,11-13H,6-7,10,14,29H2,1-5H3. The first-order chi connectivity index (χ1) is 17.1. The van der Waals surface area contributed by atoms with E-state index in [-0.39, 0.29) is 11.4 Å². The van der Waals surface area contributed by atoms with Gasteiger partial charge in [-0.1, -0.05) is 0 Å². The molecule has 2 aromatic heterocycles. The van der Waals surface area contributed by atoms with E-state index in [1.54, 1.807) is 40.2 Å². The molecule has 0 unspecified atom stereocenters. The van der Waals surface area contributed by atoms with Crippen molar-refractivity contribution in [2.24, 2.45) is 5.73 Å². The number of carbonyl (C=O) groups is 1. The Morgan fingerprint density at radius 3 is 2.42 bits per heavy atom. The fourth-order valence-corrected chi connectivity index (χ4v) is 4.94. The van der Waals surface area contributed by atoms with Crippen molar-refractivity contribution in [1.29, 1.82) is 0 Å². The van der Waals surface area contributed by atoms with Crippen molar-refractivity contribution < 1.29 is 18.7 Å². The van der Waals surface area contributed by atoms with E-state index in [2.05, 4.69) is 9.97 Å². The third-order valence-corrected chi connectivity index (χ3v) is 6.89. The maximum atomic E-state index is 15.1. The molecule has 2 N–H and O–H groups in total. The molecule has 0 saturated heterocycles. The number of hydrogen-bond donors (Lipinski definition) is 1. The van der Waals surface area contributed by atoms with Crippen LogP contribution in [0.1, 0.15) is 50.4 Å². The van der Waals surface area contributed by atoms with Crippen LogP contribution in [0, 0.1) is 5.82 Å². The van der Waals surface area contributed by atoms with E-state index in [0.29, 0.717) is 18.7 Å². The van der Waals surface area contributed by atoms with Crippen LogP contribution >= 0.6 is 0 Å². The Kier molecular flexibility index (Phi) is 5.70. The van der Waals surface area contributed by atoms with Gasteiger partial charge < -0.3 is 15.2 Å². The van der Waals surface area contributed by atoms with Crippen molar-refractivity contribution in [3.05, 3.63) is 53.4 Å². The van der Waals surface area contributed by atoms with E-state index < -0.39 is 17.5 Å². The molecule has 2 aliphatic rings. The summed E-state index contributed by atoms with van der Waals surface area (Å²) in [6.45, 7) is 5.86. The molecule has 0 aliphatic heterocycles. The van der Waals surface area contributed by atoms with Crippen LogP contribution in [0.3, 0.4) is 0 Å². The number of methoxy groups -OCH3 is 1. The number of fused-ring (bicyclic) bond motifs is 3. The van der Waals surface area contributed by atoms with Gasteiger partial charge in [-0.2, -0.15) is 0 Å². The lowest BCUT2D eigenvalue weighted by molar-refractivity contribution is 0.0589. The number of carbonyl (C=O) groups excluding carboxylic acids is 1. The summed E-state index contributed by atoms with van der Waals surface area (Å²) in [4.78, 5) is 27.5. The zero-order valence-corrected chi connectivity index (χ0v) is 21.2. The summed E-state index contributed by atoms with van der Waals surface area (Å²) in [5.74, 6) is -0.436. The fourth-order valence-electron chi connectivity index (χ4n) is 4.94. The molecule has 0 radical (unpaired) electrons. The first kappa shape index (κ1) is 24.1. The molecule has 1 aromatic carbocycles. The third kappa shape index (κ3) is 4.07. The smallest absolute Gasteiger partial charge is 0.414 e. The molecule has 9 heteroatoms. The number of halogens is 1. The maximum absolute atomic E-state index is 15.1. The largest absolute Gasteiger partial charge is 0.467 e. The van der Waals surface area contributed by atoms with Gasteiger partial charge in [0, 0.05) is 60.7 Å². The molecule has 0 bridgehead atoms. The van der Waals surface area contributed by atoms with Gasteiger partial charge in [0.15, 0.2) is 0 Å². The quantitative estimate of drug-likeness (QED) is 0.434. The molecule has 1 saturated carbocycles.